The normalized spacial score (nSPS) is 15.5. The number of allylic oxidation sites excluding steroid dienone is 1. The third-order valence-corrected chi connectivity index (χ3v) is 2.40. The van der Waals surface area contributed by atoms with Crippen LogP contribution in [0.25, 0.3) is 0 Å². The summed E-state index contributed by atoms with van der Waals surface area (Å²) in [6, 6.07) is 2.15. The Labute approximate surface area is 76.0 Å². The van der Waals surface area contributed by atoms with Gasteiger partial charge in [-0.3, -0.25) is 0 Å². The first kappa shape index (κ1) is 11.4. The maximum Gasteiger partial charge on any atom is 0.185 e. The molecule has 0 spiro atoms. The summed E-state index contributed by atoms with van der Waals surface area (Å²) in [4.78, 5) is 0. The largest absolute Gasteiger partial charge is 0.399 e. The highest BCUT2D eigenvalue weighted by molar-refractivity contribution is 6.69. The fraction of sp³-hybridized carbons (Fsp3) is 0.667. The Kier molecular flexibility index (Phi) is 4.22. The first-order valence-corrected chi connectivity index (χ1v) is 7.52. The molecule has 0 amide bonds. The molecule has 3 heteroatoms. The summed E-state index contributed by atoms with van der Waals surface area (Å²) >= 11 is 0. The van der Waals surface area contributed by atoms with Crippen LogP contribution in [0.2, 0.25) is 19.6 Å². The number of hydrogen-bond acceptors (Lipinski definition) is 2. The Morgan fingerprint density at radius 1 is 1.50 bits per heavy atom. The molecule has 0 aromatic heterocycles. The van der Waals surface area contributed by atoms with E-state index in [-0.39, 0.29) is 6.10 Å². The van der Waals surface area contributed by atoms with Crippen molar-refractivity contribution in [3.05, 3.63) is 11.6 Å². The standard InChI is InChI=1S/C9H17NOSi/c1-6-8(2)9(7-10)11-12(3,4)5/h6,9H,1-5H3/b8-6+/t9-/m0/s1. The minimum Gasteiger partial charge on any atom is -0.399 e. The molecular formula is C9H17NOSi. The summed E-state index contributed by atoms with van der Waals surface area (Å²) in [5.41, 5.74) is 1.000. The Hall–Kier alpha value is -0.593. The van der Waals surface area contributed by atoms with E-state index in [1.807, 2.05) is 19.9 Å². The molecular weight excluding hydrogens is 166 g/mol. The van der Waals surface area contributed by atoms with E-state index in [4.69, 9.17) is 9.69 Å². The molecule has 2 nitrogen and oxygen atoms in total. The minimum atomic E-state index is -1.58. The predicted octanol–water partition coefficient (Wildman–Crippen LogP) is 2.70. The van der Waals surface area contributed by atoms with Crippen LogP contribution in [-0.2, 0) is 4.43 Å². The number of hydrogen-bond donors (Lipinski definition) is 0. The predicted molar refractivity (Wildman–Crippen MR) is 53.3 cm³/mol. The molecule has 0 unspecified atom stereocenters. The summed E-state index contributed by atoms with van der Waals surface area (Å²) in [6.07, 6.45) is 1.58. The van der Waals surface area contributed by atoms with Gasteiger partial charge in [0.05, 0.1) is 6.07 Å². The molecule has 0 radical (unpaired) electrons. The second kappa shape index (κ2) is 4.44. The Bertz CT molecular complexity index is 210. The summed E-state index contributed by atoms with van der Waals surface area (Å²) in [6.45, 7) is 10.1. The first-order valence-electron chi connectivity index (χ1n) is 4.11. The van der Waals surface area contributed by atoms with Gasteiger partial charge in [0, 0.05) is 0 Å². The average molecular weight is 183 g/mol. The van der Waals surface area contributed by atoms with E-state index in [9.17, 15) is 0 Å². The summed E-state index contributed by atoms with van der Waals surface area (Å²) in [5, 5.41) is 8.80. The van der Waals surface area contributed by atoms with Crippen molar-refractivity contribution in [2.24, 2.45) is 0 Å². The molecule has 0 rings (SSSR count). The van der Waals surface area contributed by atoms with E-state index in [1.165, 1.54) is 0 Å². The van der Waals surface area contributed by atoms with E-state index in [2.05, 4.69) is 25.7 Å². The van der Waals surface area contributed by atoms with Crippen LogP contribution in [0.15, 0.2) is 11.6 Å². The molecule has 0 heterocycles. The smallest absolute Gasteiger partial charge is 0.185 e. The van der Waals surface area contributed by atoms with Crippen LogP contribution >= 0.6 is 0 Å². The van der Waals surface area contributed by atoms with Gasteiger partial charge in [-0.15, -0.1) is 0 Å². The highest BCUT2D eigenvalue weighted by atomic mass is 28.4. The highest BCUT2D eigenvalue weighted by Gasteiger charge is 2.21. The molecule has 0 saturated carbocycles. The van der Waals surface area contributed by atoms with Crippen molar-refractivity contribution in [1.82, 2.24) is 0 Å². The zero-order chi connectivity index (χ0) is 9.78. The van der Waals surface area contributed by atoms with Gasteiger partial charge in [0.25, 0.3) is 0 Å². The second-order valence-corrected chi connectivity index (χ2v) is 8.23. The van der Waals surface area contributed by atoms with Gasteiger partial charge in [0.15, 0.2) is 14.4 Å². The van der Waals surface area contributed by atoms with Gasteiger partial charge in [-0.25, -0.2) is 0 Å². The Balaban J connectivity index is 4.32. The minimum absolute atomic E-state index is 0.346. The van der Waals surface area contributed by atoms with E-state index in [1.54, 1.807) is 0 Å². The highest BCUT2D eigenvalue weighted by Crippen LogP contribution is 2.12. The van der Waals surface area contributed by atoms with E-state index < -0.39 is 8.32 Å². The quantitative estimate of drug-likeness (QED) is 0.498. The third kappa shape index (κ3) is 4.32. The van der Waals surface area contributed by atoms with Crippen LogP contribution in [0.5, 0.6) is 0 Å². The molecule has 12 heavy (non-hydrogen) atoms. The van der Waals surface area contributed by atoms with E-state index in [0.717, 1.165) is 5.57 Å². The Morgan fingerprint density at radius 2 is 2.00 bits per heavy atom. The van der Waals surface area contributed by atoms with Gasteiger partial charge in [0.2, 0.25) is 0 Å². The third-order valence-electron chi connectivity index (χ3n) is 1.46. The molecule has 0 N–H and O–H groups in total. The van der Waals surface area contributed by atoms with Gasteiger partial charge in [-0.2, -0.15) is 5.26 Å². The average Bonchev–Trinajstić information content (AvgIpc) is 1.97. The molecule has 0 aliphatic carbocycles. The van der Waals surface area contributed by atoms with Crippen molar-refractivity contribution < 1.29 is 4.43 Å². The molecule has 0 bridgehead atoms. The molecule has 0 saturated heterocycles. The van der Waals surface area contributed by atoms with Crippen LogP contribution in [-0.4, -0.2) is 14.4 Å². The van der Waals surface area contributed by atoms with Gasteiger partial charge in [-0.05, 0) is 39.1 Å². The second-order valence-electron chi connectivity index (χ2n) is 3.77. The number of nitrogens with zero attached hydrogens (tertiary/aromatic N) is 1. The summed E-state index contributed by atoms with van der Waals surface area (Å²) in [7, 11) is -1.58. The summed E-state index contributed by atoms with van der Waals surface area (Å²) in [5.74, 6) is 0. The molecule has 0 aliphatic heterocycles. The van der Waals surface area contributed by atoms with Gasteiger partial charge in [0.1, 0.15) is 0 Å². The van der Waals surface area contributed by atoms with Crippen molar-refractivity contribution in [2.45, 2.75) is 39.6 Å². The van der Waals surface area contributed by atoms with Crippen LogP contribution in [0.1, 0.15) is 13.8 Å². The topological polar surface area (TPSA) is 33.0 Å². The van der Waals surface area contributed by atoms with E-state index >= 15 is 0 Å². The SMILES string of the molecule is C/C=C(\C)[C@H](C#N)O[Si](C)(C)C. The van der Waals surface area contributed by atoms with Crippen LogP contribution in [0.4, 0.5) is 0 Å². The Morgan fingerprint density at radius 3 is 2.25 bits per heavy atom. The molecule has 1 atom stereocenters. The fourth-order valence-electron chi connectivity index (χ4n) is 0.726. The van der Waals surface area contributed by atoms with Gasteiger partial charge < -0.3 is 4.43 Å². The number of rotatable bonds is 3. The van der Waals surface area contributed by atoms with Crippen LogP contribution < -0.4 is 0 Å². The lowest BCUT2D eigenvalue weighted by atomic mass is 10.2. The summed E-state index contributed by atoms with van der Waals surface area (Å²) < 4.78 is 5.65. The van der Waals surface area contributed by atoms with Crippen molar-refractivity contribution in [2.75, 3.05) is 0 Å². The number of nitriles is 1. The molecule has 0 aliphatic rings. The zero-order valence-corrected chi connectivity index (χ0v) is 9.51. The monoisotopic (exact) mass is 183 g/mol. The molecule has 0 aromatic carbocycles. The lowest BCUT2D eigenvalue weighted by molar-refractivity contribution is 0.283. The lowest BCUT2D eigenvalue weighted by Gasteiger charge is -2.21. The maximum atomic E-state index is 8.80. The van der Waals surface area contributed by atoms with Gasteiger partial charge >= 0.3 is 0 Å². The van der Waals surface area contributed by atoms with Gasteiger partial charge in [-0.1, -0.05) is 6.08 Å². The van der Waals surface area contributed by atoms with Crippen molar-refractivity contribution in [3.63, 3.8) is 0 Å². The van der Waals surface area contributed by atoms with Crippen molar-refractivity contribution in [3.8, 4) is 6.07 Å². The van der Waals surface area contributed by atoms with Crippen molar-refractivity contribution in [1.29, 1.82) is 5.26 Å². The molecule has 0 fully saturated rings. The van der Waals surface area contributed by atoms with E-state index in [0.29, 0.717) is 0 Å². The van der Waals surface area contributed by atoms with Crippen LogP contribution in [0.3, 0.4) is 0 Å². The maximum absolute atomic E-state index is 8.80. The van der Waals surface area contributed by atoms with Crippen LogP contribution in [0, 0.1) is 11.3 Å². The molecule has 0 aromatic rings. The zero-order valence-electron chi connectivity index (χ0n) is 8.51. The first-order chi connectivity index (χ1) is 5.40. The molecule has 68 valence electrons. The van der Waals surface area contributed by atoms with Crippen molar-refractivity contribution >= 4 is 8.32 Å². The fourth-order valence-corrected chi connectivity index (χ4v) is 1.67. The lowest BCUT2D eigenvalue weighted by Crippen LogP contribution is -2.31.